The van der Waals surface area contributed by atoms with Crippen molar-refractivity contribution in [1.82, 2.24) is 9.78 Å². The predicted octanol–water partition coefficient (Wildman–Crippen LogP) is 3.59. The average Bonchev–Trinajstić information content (AvgIpc) is 2.53. The van der Waals surface area contributed by atoms with E-state index in [1.165, 1.54) is 24.6 Å². The van der Waals surface area contributed by atoms with E-state index in [4.69, 9.17) is 0 Å². The average molecular weight is 356 g/mol. The molecule has 0 saturated heterocycles. The number of hydrogen-bond acceptors (Lipinski definition) is 2. The highest BCUT2D eigenvalue weighted by molar-refractivity contribution is 14.1. The normalized spacial score (nSPS) is 17.1. The maximum Gasteiger partial charge on any atom is 0.131 e. The van der Waals surface area contributed by atoms with Crippen LogP contribution in [0.5, 0.6) is 0 Å². The van der Waals surface area contributed by atoms with Gasteiger partial charge in [0.1, 0.15) is 3.70 Å². The molecule has 0 bridgehead atoms. The topological polar surface area (TPSA) is 38.1 Å². The molecule has 0 atom stereocenters. The molecule has 0 amide bonds. The highest BCUT2D eigenvalue weighted by atomic mass is 127. The van der Waals surface area contributed by atoms with Gasteiger partial charge in [-0.2, -0.15) is 5.10 Å². The summed E-state index contributed by atoms with van der Waals surface area (Å²) in [6.07, 6.45) is 3.74. The molecule has 0 spiro atoms. The van der Waals surface area contributed by atoms with E-state index in [-0.39, 0.29) is 0 Å². The minimum Gasteiger partial charge on any atom is -0.386 e. The molecule has 4 heteroatoms. The second-order valence-corrected chi connectivity index (χ2v) is 6.63. The largest absolute Gasteiger partial charge is 0.386 e. The third kappa shape index (κ3) is 1.95. The first-order valence-electron chi connectivity index (χ1n) is 6.37. The number of aromatic nitrogens is 2. The van der Waals surface area contributed by atoms with Crippen LogP contribution in [0, 0.1) is 3.70 Å². The highest BCUT2D eigenvalue weighted by Crippen LogP contribution is 2.36. The lowest BCUT2D eigenvalue weighted by molar-refractivity contribution is 0.0787. The zero-order valence-electron chi connectivity index (χ0n) is 10.7. The van der Waals surface area contributed by atoms with E-state index < -0.39 is 5.60 Å². The molecular formula is C14H17IN2O. The van der Waals surface area contributed by atoms with Gasteiger partial charge in [0.15, 0.2) is 0 Å². The first-order chi connectivity index (χ1) is 8.47. The molecular weight excluding hydrogens is 339 g/mol. The Balaban J connectivity index is 2.18. The number of fused-ring (bicyclic) bond motifs is 1. The fourth-order valence-corrected chi connectivity index (χ4v) is 3.08. The Morgan fingerprint density at radius 3 is 2.67 bits per heavy atom. The summed E-state index contributed by atoms with van der Waals surface area (Å²) in [5.74, 6) is 0. The first-order valence-corrected chi connectivity index (χ1v) is 7.45. The molecule has 1 N–H and O–H groups in total. The Hall–Kier alpha value is -0.620. The minimum atomic E-state index is -0.797. The van der Waals surface area contributed by atoms with Gasteiger partial charge in [-0.3, -0.25) is 4.68 Å². The van der Waals surface area contributed by atoms with Gasteiger partial charge in [0, 0.05) is 5.39 Å². The molecule has 1 aliphatic rings. The van der Waals surface area contributed by atoms with Crippen LogP contribution in [0.3, 0.4) is 0 Å². The molecule has 1 aliphatic carbocycles. The van der Waals surface area contributed by atoms with Crippen LogP contribution in [0.15, 0.2) is 18.2 Å². The third-order valence-corrected chi connectivity index (χ3v) is 4.59. The Kier molecular flexibility index (Phi) is 2.90. The van der Waals surface area contributed by atoms with Crippen LogP contribution in [0.25, 0.3) is 10.9 Å². The summed E-state index contributed by atoms with van der Waals surface area (Å²) < 4.78 is 3.20. The lowest BCUT2D eigenvalue weighted by atomic mass is 9.92. The Bertz CT molecular complexity index is 594. The lowest BCUT2D eigenvalue weighted by Gasteiger charge is -2.26. The Morgan fingerprint density at radius 1 is 1.39 bits per heavy atom. The maximum absolute atomic E-state index is 10.1. The third-order valence-electron chi connectivity index (χ3n) is 3.79. The van der Waals surface area contributed by atoms with Crippen LogP contribution in [0.1, 0.15) is 44.7 Å². The molecule has 96 valence electrons. The van der Waals surface area contributed by atoms with Gasteiger partial charge in [-0.05, 0) is 73.4 Å². The van der Waals surface area contributed by atoms with Crippen molar-refractivity contribution < 1.29 is 5.11 Å². The summed E-state index contributed by atoms with van der Waals surface area (Å²) in [5.41, 5.74) is 1.31. The smallest absolute Gasteiger partial charge is 0.131 e. The van der Waals surface area contributed by atoms with Crippen LogP contribution in [-0.2, 0) is 5.60 Å². The van der Waals surface area contributed by atoms with Crippen molar-refractivity contribution in [2.75, 3.05) is 0 Å². The van der Waals surface area contributed by atoms with E-state index in [9.17, 15) is 5.11 Å². The van der Waals surface area contributed by atoms with E-state index >= 15 is 0 Å². The first kappa shape index (κ1) is 12.4. The summed E-state index contributed by atoms with van der Waals surface area (Å²) in [5, 5.41) is 16.0. The number of benzene rings is 1. The molecule has 0 unspecified atom stereocenters. The van der Waals surface area contributed by atoms with Crippen molar-refractivity contribution in [3.63, 3.8) is 0 Å². The van der Waals surface area contributed by atoms with Crippen LogP contribution in [-0.4, -0.2) is 14.9 Å². The summed E-state index contributed by atoms with van der Waals surface area (Å²) in [4.78, 5) is 0. The van der Waals surface area contributed by atoms with E-state index in [1.54, 1.807) is 0 Å². The fourth-order valence-electron chi connectivity index (χ4n) is 2.39. The molecule has 1 fully saturated rings. The van der Waals surface area contributed by atoms with Gasteiger partial charge in [0.2, 0.25) is 0 Å². The number of nitrogens with zero attached hydrogens (tertiary/aromatic N) is 2. The SMILES string of the molecule is CC(C)(O)c1ccc2c(I)nn(C3CCC3)c2c1. The summed E-state index contributed by atoms with van der Waals surface area (Å²) >= 11 is 2.29. The summed E-state index contributed by atoms with van der Waals surface area (Å²) in [6, 6.07) is 6.71. The minimum absolute atomic E-state index is 0.549. The molecule has 18 heavy (non-hydrogen) atoms. The number of halogens is 1. The van der Waals surface area contributed by atoms with Crippen molar-refractivity contribution in [2.45, 2.75) is 44.8 Å². The molecule has 1 aromatic carbocycles. The van der Waals surface area contributed by atoms with Gasteiger partial charge in [0.25, 0.3) is 0 Å². The van der Waals surface area contributed by atoms with Gasteiger partial charge in [0.05, 0.1) is 17.2 Å². The van der Waals surface area contributed by atoms with Crippen molar-refractivity contribution in [3.8, 4) is 0 Å². The molecule has 0 radical (unpaired) electrons. The van der Waals surface area contributed by atoms with E-state index in [0.29, 0.717) is 6.04 Å². The number of hydrogen-bond donors (Lipinski definition) is 1. The molecule has 2 aromatic rings. The van der Waals surface area contributed by atoms with Crippen molar-refractivity contribution in [1.29, 1.82) is 0 Å². The zero-order chi connectivity index (χ0) is 12.9. The lowest BCUT2D eigenvalue weighted by Crippen LogP contribution is -2.19. The van der Waals surface area contributed by atoms with Gasteiger partial charge < -0.3 is 5.11 Å². The maximum atomic E-state index is 10.1. The second kappa shape index (κ2) is 4.20. The summed E-state index contributed by atoms with van der Waals surface area (Å²) in [7, 11) is 0. The Labute approximate surface area is 120 Å². The quantitative estimate of drug-likeness (QED) is 0.836. The van der Waals surface area contributed by atoms with Crippen molar-refractivity contribution >= 4 is 33.5 Å². The van der Waals surface area contributed by atoms with Gasteiger partial charge >= 0.3 is 0 Å². The number of aliphatic hydroxyl groups is 1. The van der Waals surface area contributed by atoms with Crippen molar-refractivity contribution in [3.05, 3.63) is 27.5 Å². The van der Waals surface area contributed by atoms with Crippen LogP contribution in [0.4, 0.5) is 0 Å². The standard InChI is InChI=1S/C14H17IN2O/c1-14(2,18)9-6-7-11-12(8-9)17(16-13(11)15)10-4-3-5-10/h6-8,10,18H,3-5H2,1-2H3. The molecule has 3 nitrogen and oxygen atoms in total. The van der Waals surface area contributed by atoms with Gasteiger partial charge in [-0.25, -0.2) is 0 Å². The van der Waals surface area contributed by atoms with Crippen molar-refractivity contribution in [2.24, 2.45) is 0 Å². The van der Waals surface area contributed by atoms with Crippen LogP contribution in [0.2, 0.25) is 0 Å². The molecule has 1 saturated carbocycles. The fraction of sp³-hybridized carbons (Fsp3) is 0.500. The van der Waals surface area contributed by atoms with Crippen LogP contribution >= 0.6 is 22.6 Å². The highest BCUT2D eigenvalue weighted by Gasteiger charge is 2.24. The second-order valence-electron chi connectivity index (χ2n) is 5.61. The molecule has 0 aliphatic heterocycles. The Morgan fingerprint density at radius 2 is 2.11 bits per heavy atom. The zero-order valence-corrected chi connectivity index (χ0v) is 12.8. The molecule has 1 aromatic heterocycles. The summed E-state index contributed by atoms with van der Waals surface area (Å²) in [6.45, 7) is 3.65. The van der Waals surface area contributed by atoms with E-state index in [1.807, 2.05) is 19.9 Å². The van der Waals surface area contributed by atoms with E-state index in [0.717, 1.165) is 14.8 Å². The predicted molar refractivity (Wildman–Crippen MR) is 80.6 cm³/mol. The van der Waals surface area contributed by atoms with Gasteiger partial charge in [-0.1, -0.05) is 6.07 Å². The number of rotatable bonds is 2. The molecule has 1 heterocycles. The van der Waals surface area contributed by atoms with Gasteiger partial charge in [-0.15, -0.1) is 0 Å². The monoisotopic (exact) mass is 356 g/mol. The van der Waals surface area contributed by atoms with Crippen LogP contribution < -0.4 is 0 Å². The van der Waals surface area contributed by atoms with E-state index in [2.05, 4.69) is 44.5 Å². The molecule has 3 rings (SSSR count).